The van der Waals surface area contributed by atoms with Crippen LogP contribution in [0.2, 0.25) is 5.02 Å². The molecule has 2 aromatic rings. The minimum atomic E-state index is -3.73. The van der Waals surface area contributed by atoms with Crippen LogP contribution in [0.15, 0.2) is 45.9 Å². The highest BCUT2D eigenvalue weighted by atomic mass is 79.9. The summed E-state index contributed by atoms with van der Waals surface area (Å²) in [5.74, 6) is 0.253. The Labute approximate surface area is 124 Å². The van der Waals surface area contributed by atoms with Gasteiger partial charge in [0.25, 0.3) is 10.0 Å². The molecule has 0 atom stereocenters. The second-order valence-electron chi connectivity index (χ2n) is 3.63. The summed E-state index contributed by atoms with van der Waals surface area (Å²) >= 11 is 9.12. The lowest BCUT2D eigenvalue weighted by Crippen LogP contribution is -2.13. The fourth-order valence-corrected chi connectivity index (χ4v) is 3.02. The largest absolute Gasteiger partial charge is 0.384 e. The molecule has 0 amide bonds. The van der Waals surface area contributed by atoms with Crippen LogP contribution >= 0.6 is 27.5 Å². The number of nitrogens with one attached hydrogen (secondary N) is 1. The van der Waals surface area contributed by atoms with Crippen molar-refractivity contribution in [2.75, 3.05) is 10.5 Å². The summed E-state index contributed by atoms with van der Waals surface area (Å²) < 4.78 is 27.1. The van der Waals surface area contributed by atoms with Crippen molar-refractivity contribution in [1.29, 1.82) is 0 Å². The summed E-state index contributed by atoms with van der Waals surface area (Å²) in [6.07, 6.45) is 1.19. The zero-order valence-corrected chi connectivity index (χ0v) is 12.6. The number of hydrogen-bond donors (Lipinski definition) is 2. The van der Waals surface area contributed by atoms with E-state index in [0.29, 0.717) is 15.2 Å². The molecule has 5 nitrogen and oxygen atoms in total. The molecule has 0 fully saturated rings. The summed E-state index contributed by atoms with van der Waals surface area (Å²) in [4.78, 5) is 3.77. The number of rotatable bonds is 3. The monoisotopic (exact) mass is 361 g/mol. The topological polar surface area (TPSA) is 85.1 Å². The molecule has 0 radical (unpaired) electrons. The van der Waals surface area contributed by atoms with Gasteiger partial charge in [0.2, 0.25) is 0 Å². The van der Waals surface area contributed by atoms with E-state index in [9.17, 15) is 8.42 Å². The predicted octanol–water partition coefficient (Wildman–Crippen LogP) is 2.88. The molecule has 8 heteroatoms. The third-order valence-electron chi connectivity index (χ3n) is 2.27. The molecule has 0 bridgehead atoms. The van der Waals surface area contributed by atoms with Crippen molar-refractivity contribution in [2.45, 2.75) is 4.90 Å². The first kappa shape index (κ1) is 14.1. The van der Waals surface area contributed by atoms with E-state index in [-0.39, 0.29) is 10.7 Å². The Kier molecular flexibility index (Phi) is 3.98. The maximum Gasteiger partial charge on any atom is 0.263 e. The predicted molar refractivity (Wildman–Crippen MR) is 78.6 cm³/mol. The van der Waals surface area contributed by atoms with Crippen LogP contribution in [-0.2, 0) is 10.0 Å². The van der Waals surface area contributed by atoms with Gasteiger partial charge >= 0.3 is 0 Å². The Hall–Kier alpha value is -1.31. The van der Waals surface area contributed by atoms with Crippen LogP contribution in [0.25, 0.3) is 0 Å². The molecule has 2 rings (SSSR count). The Morgan fingerprint density at radius 2 is 2.00 bits per heavy atom. The third kappa shape index (κ3) is 3.17. The molecule has 1 aromatic carbocycles. The molecular weight excluding hydrogens is 354 g/mol. The summed E-state index contributed by atoms with van der Waals surface area (Å²) in [6, 6.07) is 7.68. The number of hydrogen-bond acceptors (Lipinski definition) is 4. The maximum atomic E-state index is 12.1. The molecular formula is C11H9BrClN3O2S. The highest BCUT2D eigenvalue weighted by Gasteiger charge is 2.16. The zero-order chi connectivity index (χ0) is 14.0. The fraction of sp³-hybridized carbons (Fsp3) is 0. The molecule has 100 valence electrons. The minimum Gasteiger partial charge on any atom is -0.384 e. The van der Waals surface area contributed by atoms with Gasteiger partial charge in [-0.25, -0.2) is 13.4 Å². The van der Waals surface area contributed by atoms with Gasteiger partial charge in [0, 0.05) is 6.20 Å². The van der Waals surface area contributed by atoms with Gasteiger partial charge in [0.15, 0.2) is 0 Å². The van der Waals surface area contributed by atoms with Gasteiger partial charge < -0.3 is 5.73 Å². The highest BCUT2D eigenvalue weighted by Crippen LogP contribution is 2.31. The van der Waals surface area contributed by atoms with E-state index < -0.39 is 10.0 Å². The Morgan fingerprint density at radius 3 is 2.63 bits per heavy atom. The second-order valence-corrected chi connectivity index (χ2v) is 6.51. The van der Waals surface area contributed by atoms with Crippen molar-refractivity contribution in [1.82, 2.24) is 4.98 Å². The SMILES string of the molecule is Nc1ccc(S(=O)(=O)Nc2cccc(Cl)c2Br)cn1. The summed E-state index contributed by atoms with van der Waals surface area (Å²) in [6.45, 7) is 0. The number of pyridine rings is 1. The molecule has 1 heterocycles. The van der Waals surface area contributed by atoms with E-state index in [4.69, 9.17) is 17.3 Å². The minimum absolute atomic E-state index is 0.0218. The molecule has 0 aliphatic carbocycles. The molecule has 0 spiro atoms. The van der Waals surface area contributed by atoms with Crippen molar-refractivity contribution < 1.29 is 8.42 Å². The van der Waals surface area contributed by atoms with Gasteiger partial charge in [0.1, 0.15) is 10.7 Å². The van der Waals surface area contributed by atoms with Crippen molar-refractivity contribution >= 4 is 49.1 Å². The molecule has 3 N–H and O–H groups in total. The van der Waals surface area contributed by atoms with E-state index in [2.05, 4.69) is 25.6 Å². The van der Waals surface area contributed by atoms with Crippen molar-refractivity contribution in [3.63, 3.8) is 0 Å². The first-order valence-electron chi connectivity index (χ1n) is 5.08. The zero-order valence-electron chi connectivity index (χ0n) is 9.47. The molecule has 1 aromatic heterocycles. The summed E-state index contributed by atoms with van der Waals surface area (Å²) in [7, 11) is -3.73. The van der Waals surface area contributed by atoms with Gasteiger partial charge in [0.05, 0.1) is 15.2 Å². The van der Waals surface area contributed by atoms with Crippen LogP contribution in [0.4, 0.5) is 11.5 Å². The van der Waals surface area contributed by atoms with E-state index in [1.807, 2.05) is 0 Å². The number of nitrogen functional groups attached to an aromatic ring is 1. The van der Waals surface area contributed by atoms with Crippen molar-refractivity contribution in [3.8, 4) is 0 Å². The van der Waals surface area contributed by atoms with Crippen LogP contribution in [0.5, 0.6) is 0 Å². The number of benzene rings is 1. The van der Waals surface area contributed by atoms with E-state index >= 15 is 0 Å². The number of nitrogens with zero attached hydrogens (tertiary/aromatic N) is 1. The Bertz CT molecular complexity index is 704. The Morgan fingerprint density at radius 1 is 1.26 bits per heavy atom. The van der Waals surface area contributed by atoms with Gasteiger partial charge in [-0.15, -0.1) is 0 Å². The Balaban J connectivity index is 2.36. The lowest BCUT2D eigenvalue weighted by molar-refractivity contribution is 0.601. The molecule has 0 aliphatic heterocycles. The average molecular weight is 363 g/mol. The van der Waals surface area contributed by atoms with Gasteiger partial charge in [-0.2, -0.15) is 0 Å². The molecule has 0 aliphatic rings. The normalized spacial score (nSPS) is 11.3. The second kappa shape index (κ2) is 5.36. The van der Waals surface area contributed by atoms with Crippen LogP contribution in [-0.4, -0.2) is 13.4 Å². The summed E-state index contributed by atoms with van der Waals surface area (Å²) in [5.41, 5.74) is 5.77. The molecule has 0 unspecified atom stereocenters. The standard InChI is InChI=1S/C11H9BrClN3O2S/c12-11-8(13)2-1-3-9(11)16-19(17,18)7-4-5-10(14)15-6-7/h1-6,16H,(H2,14,15). The number of aromatic nitrogens is 1. The van der Waals surface area contributed by atoms with Crippen LogP contribution in [0.1, 0.15) is 0 Å². The van der Waals surface area contributed by atoms with Crippen molar-refractivity contribution in [2.24, 2.45) is 0 Å². The van der Waals surface area contributed by atoms with Crippen LogP contribution in [0.3, 0.4) is 0 Å². The fourth-order valence-electron chi connectivity index (χ4n) is 1.34. The van der Waals surface area contributed by atoms with Crippen molar-refractivity contribution in [3.05, 3.63) is 46.0 Å². The smallest absolute Gasteiger partial charge is 0.263 e. The van der Waals surface area contributed by atoms with Crippen LogP contribution in [0, 0.1) is 0 Å². The van der Waals surface area contributed by atoms with Gasteiger partial charge in [-0.05, 0) is 40.2 Å². The lowest BCUT2D eigenvalue weighted by atomic mass is 10.3. The highest BCUT2D eigenvalue weighted by molar-refractivity contribution is 9.10. The first-order valence-corrected chi connectivity index (χ1v) is 7.74. The molecule has 0 saturated heterocycles. The first-order chi connectivity index (χ1) is 8.90. The van der Waals surface area contributed by atoms with E-state index in [1.54, 1.807) is 18.2 Å². The summed E-state index contributed by atoms with van der Waals surface area (Å²) in [5, 5.41) is 0.413. The number of halogens is 2. The number of nitrogens with two attached hydrogens (primary N) is 1. The number of anilines is 2. The molecule has 0 saturated carbocycles. The van der Waals surface area contributed by atoms with Crippen LogP contribution < -0.4 is 10.5 Å². The van der Waals surface area contributed by atoms with Gasteiger partial charge in [-0.1, -0.05) is 17.7 Å². The lowest BCUT2D eigenvalue weighted by Gasteiger charge is -2.10. The van der Waals surface area contributed by atoms with E-state index in [0.717, 1.165) is 0 Å². The average Bonchev–Trinajstić information content (AvgIpc) is 2.35. The number of sulfonamides is 1. The van der Waals surface area contributed by atoms with Gasteiger partial charge in [-0.3, -0.25) is 4.72 Å². The molecule has 19 heavy (non-hydrogen) atoms. The maximum absolute atomic E-state index is 12.1. The van der Waals surface area contributed by atoms with E-state index in [1.165, 1.54) is 18.3 Å². The quantitative estimate of drug-likeness (QED) is 0.879. The third-order valence-corrected chi connectivity index (χ3v) is 5.01.